The number of benzene rings is 1. The van der Waals surface area contributed by atoms with E-state index in [4.69, 9.17) is 9.84 Å². The summed E-state index contributed by atoms with van der Waals surface area (Å²) in [5.74, 6) is -0.784. The summed E-state index contributed by atoms with van der Waals surface area (Å²) < 4.78 is 18.6. The van der Waals surface area contributed by atoms with Gasteiger partial charge < -0.3 is 9.84 Å². The van der Waals surface area contributed by atoms with Crippen LogP contribution >= 0.6 is 0 Å². The van der Waals surface area contributed by atoms with Crippen LogP contribution < -0.4 is 4.74 Å². The second-order valence-electron chi connectivity index (χ2n) is 4.19. The van der Waals surface area contributed by atoms with E-state index in [1.54, 1.807) is 12.1 Å². The van der Waals surface area contributed by atoms with Crippen LogP contribution in [0, 0.1) is 5.82 Å². The molecule has 0 fully saturated rings. The lowest BCUT2D eigenvalue weighted by Crippen LogP contribution is -2.03. The number of halogens is 1. The zero-order chi connectivity index (χ0) is 12.8. The van der Waals surface area contributed by atoms with Gasteiger partial charge >= 0.3 is 5.97 Å². The van der Waals surface area contributed by atoms with Gasteiger partial charge in [-0.25, -0.2) is 4.39 Å². The van der Waals surface area contributed by atoms with Gasteiger partial charge in [-0.2, -0.15) is 0 Å². The predicted molar refractivity (Wildman–Crippen MR) is 62.9 cm³/mol. The molecule has 0 aliphatic heterocycles. The van der Waals surface area contributed by atoms with E-state index in [9.17, 15) is 9.18 Å². The van der Waals surface area contributed by atoms with Crippen LogP contribution in [0.1, 0.15) is 38.2 Å². The molecule has 4 heteroatoms. The van der Waals surface area contributed by atoms with Crippen molar-refractivity contribution in [3.63, 3.8) is 0 Å². The maximum atomic E-state index is 13.4. The Labute approximate surface area is 100 Å². The molecule has 0 radical (unpaired) electrons. The van der Waals surface area contributed by atoms with Gasteiger partial charge in [0, 0.05) is 6.42 Å². The number of carbonyl (C=O) groups is 1. The topological polar surface area (TPSA) is 46.5 Å². The summed E-state index contributed by atoms with van der Waals surface area (Å²) in [5.41, 5.74) is 1.000. The minimum atomic E-state index is -0.870. The van der Waals surface area contributed by atoms with Crippen LogP contribution in [0.15, 0.2) is 18.2 Å². The van der Waals surface area contributed by atoms with Crippen molar-refractivity contribution in [2.24, 2.45) is 0 Å². The van der Waals surface area contributed by atoms with Gasteiger partial charge in [0.1, 0.15) is 0 Å². The van der Waals surface area contributed by atoms with Crippen LogP contribution in [-0.4, -0.2) is 17.7 Å². The largest absolute Gasteiger partial charge is 0.490 e. The molecule has 0 spiro atoms. The zero-order valence-electron chi connectivity index (χ0n) is 10.1. The molecular weight excluding hydrogens is 223 g/mol. The molecule has 0 aliphatic carbocycles. The third-order valence-corrected chi connectivity index (χ3v) is 2.41. The van der Waals surface area contributed by atoms with Crippen LogP contribution in [0.25, 0.3) is 0 Å². The highest BCUT2D eigenvalue weighted by Crippen LogP contribution is 2.23. The first-order valence-corrected chi connectivity index (χ1v) is 5.64. The summed E-state index contributed by atoms with van der Waals surface area (Å²) in [5, 5.41) is 8.45. The Morgan fingerprint density at radius 3 is 2.76 bits per heavy atom. The van der Waals surface area contributed by atoms with Crippen molar-refractivity contribution < 1.29 is 19.0 Å². The number of aliphatic carboxylic acids is 1. The standard InChI is InChI=1S/C13H17FO3/c1-9(2)10-5-6-11(14)12(8-10)17-7-3-4-13(15)16/h5-6,8-9H,3-4,7H2,1-2H3,(H,15,16). The molecule has 0 heterocycles. The van der Waals surface area contributed by atoms with E-state index in [1.807, 2.05) is 13.8 Å². The molecule has 94 valence electrons. The summed E-state index contributed by atoms with van der Waals surface area (Å²) >= 11 is 0. The molecule has 0 saturated carbocycles. The maximum Gasteiger partial charge on any atom is 0.303 e. The van der Waals surface area contributed by atoms with Gasteiger partial charge in [-0.1, -0.05) is 19.9 Å². The fourth-order valence-corrected chi connectivity index (χ4v) is 1.40. The first-order chi connectivity index (χ1) is 8.00. The molecule has 1 N–H and O–H groups in total. The lowest BCUT2D eigenvalue weighted by atomic mass is 10.0. The maximum absolute atomic E-state index is 13.4. The van der Waals surface area contributed by atoms with Gasteiger partial charge in [0.05, 0.1) is 6.61 Å². The normalized spacial score (nSPS) is 10.6. The molecule has 0 atom stereocenters. The van der Waals surface area contributed by atoms with Crippen molar-refractivity contribution in [1.29, 1.82) is 0 Å². The molecule has 0 aliphatic rings. The van der Waals surface area contributed by atoms with Crippen LogP contribution in [0.4, 0.5) is 4.39 Å². The molecule has 0 saturated heterocycles. The SMILES string of the molecule is CC(C)c1ccc(F)c(OCCCC(=O)O)c1. The Balaban J connectivity index is 2.57. The number of carboxylic acid groups (broad SMARTS) is 1. The van der Waals surface area contributed by atoms with Crippen molar-refractivity contribution in [3.8, 4) is 5.75 Å². The van der Waals surface area contributed by atoms with Gasteiger partial charge in [0.25, 0.3) is 0 Å². The van der Waals surface area contributed by atoms with E-state index in [-0.39, 0.29) is 18.8 Å². The lowest BCUT2D eigenvalue weighted by Gasteiger charge is -2.10. The molecule has 17 heavy (non-hydrogen) atoms. The molecule has 1 aromatic rings. The number of rotatable bonds is 6. The van der Waals surface area contributed by atoms with Crippen molar-refractivity contribution in [2.75, 3.05) is 6.61 Å². The Morgan fingerprint density at radius 1 is 1.47 bits per heavy atom. The van der Waals surface area contributed by atoms with Crippen LogP contribution in [-0.2, 0) is 4.79 Å². The summed E-state index contributed by atoms with van der Waals surface area (Å²) in [6.45, 7) is 4.24. The fraction of sp³-hybridized carbons (Fsp3) is 0.462. The van der Waals surface area contributed by atoms with E-state index in [1.165, 1.54) is 6.07 Å². The van der Waals surface area contributed by atoms with E-state index >= 15 is 0 Å². The first kappa shape index (κ1) is 13.5. The second-order valence-corrected chi connectivity index (χ2v) is 4.19. The monoisotopic (exact) mass is 240 g/mol. The third-order valence-electron chi connectivity index (χ3n) is 2.41. The van der Waals surface area contributed by atoms with Gasteiger partial charge in [0.15, 0.2) is 11.6 Å². The van der Waals surface area contributed by atoms with Crippen LogP contribution in [0.3, 0.4) is 0 Å². The first-order valence-electron chi connectivity index (χ1n) is 5.64. The van der Waals surface area contributed by atoms with E-state index < -0.39 is 11.8 Å². The van der Waals surface area contributed by atoms with Crippen LogP contribution in [0.2, 0.25) is 0 Å². The molecule has 0 amide bonds. The number of ether oxygens (including phenoxy) is 1. The highest BCUT2D eigenvalue weighted by Gasteiger charge is 2.07. The Hall–Kier alpha value is -1.58. The quantitative estimate of drug-likeness (QED) is 0.777. The van der Waals surface area contributed by atoms with Crippen LogP contribution in [0.5, 0.6) is 5.75 Å². The summed E-state index contributed by atoms with van der Waals surface area (Å²) in [6.07, 6.45) is 0.409. The van der Waals surface area contributed by atoms with Crippen molar-refractivity contribution in [1.82, 2.24) is 0 Å². The van der Waals surface area contributed by atoms with Crippen molar-refractivity contribution >= 4 is 5.97 Å². The van der Waals surface area contributed by atoms with E-state index in [0.717, 1.165) is 5.56 Å². The van der Waals surface area contributed by atoms with Gasteiger partial charge in [-0.05, 0) is 30.0 Å². The minimum Gasteiger partial charge on any atom is -0.490 e. The van der Waals surface area contributed by atoms with Gasteiger partial charge in [-0.15, -0.1) is 0 Å². The summed E-state index contributed by atoms with van der Waals surface area (Å²) in [6, 6.07) is 4.77. The number of carboxylic acids is 1. The second kappa shape index (κ2) is 6.23. The number of hydrogen-bond donors (Lipinski definition) is 1. The predicted octanol–water partition coefficient (Wildman–Crippen LogP) is 3.19. The highest BCUT2D eigenvalue weighted by atomic mass is 19.1. The third kappa shape index (κ3) is 4.43. The fourth-order valence-electron chi connectivity index (χ4n) is 1.40. The minimum absolute atomic E-state index is 0.0332. The molecule has 0 bridgehead atoms. The smallest absolute Gasteiger partial charge is 0.303 e. The summed E-state index contributed by atoms with van der Waals surface area (Å²) in [7, 11) is 0. The molecule has 1 rings (SSSR count). The Kier molecular flexibility index (Phi) is 4.94. The number of hydrogen-bond acceptors (Lipinski definition) is 2. The Bertz CT molecular complexity index is 388. The molecule has 1 aromatic carbocycles. The average Bonchev–Trinajstić information content (AvgIpc) is 2.25. The molecule has 3 nitrogen and oxygen atoms in total. The molecule has 0 aromatic heterocycles. The van der Waals surface area contributed by atoms with E-state index in [0.29, 0.717) is 12.3 Å². The summed E-state index contributed by atoms with van der Waals surface area (Å²) in [4.78, 5) is 10.3. The average molecular weight is 240 g/mol. The van der Waals surface area contributed by atoms with E-state index in [2.05, 4.69) is 0 Å². The molecular formula is C13H17FO3. The Morgan fingerprint density at radius 2 is 2.18 bits per heavy atom. The van der Waals surface area contributed by atoms with Gasteiger partial charge in [-0.3, -0.25) is 4.79 Å². The van der Waals surface area contributed by atoms with Gasteiger partial charge in [0.2, 0.25) is 0 Å². The zero-order valence-corrected chi connectivity index (χ0v) is 10.1. The lowest BCUT2D eigenvalue weighted by molar-refractivity contribution is -0.137. The molecule has 0 unspecified atom stereocenters. The van der Waals surface area contributed by atoms with Crippen molar-refractivity contribution in [3.05, 3.63) is 29.6 Å². The highest BCUT2D eigenvalue weighted by molar-refractivity contribution is 5.66. The van der Waals surface area contributed by atoms with Crippen molar-refractivity contribution in [2.45, 2.75) is 32.6 Å².